The van der Waals surface area contributed by atoms with Crippen LogP contribution in [0.5, 0.6) is 0 Å². The van der Waals surface area contributed by atoms with Gasteiger partial charge in [0.2, 0.25) is 0 Å². The van der Waals surface area contributed by atoms with Gasteiger partial charge in [-0.15, -0.1) is 0 Å². The van der Waals surface area contributed by atoms with Crippen LogP contribution in [0.4, 0.5) is 0 Å². The van der Waals surface area contributed by atoms with Gasteiger partial charge in [-0.3, -0.25) is 4.90 Å². The highest BCUT2D eigenvalue weighted by Crippen LogP contribution is 2.28. The standard InChI is InChI=1S/C16H23N3/c1-18-12-9-15(10-13-18)19(2)16(8-11-17)14-6-4-3-5-7-14/h3-7,15-16H,8-10,12-13H2,1-2H3. The number of hydrogen-bond acceptors (Lipinski definition) is 3. The topological polar surface area (TPSA) is 30.3 Å². The Morgan fingerprint density at radius 3 is 2.53 bits per heavy atom. The Kier molecular flexibility index (Phi) is 4.95. The summed E-state index contributed by atoms with van der Waals surface area (Å²) in [6, 6.07) is 13.6. The minimum atomic E-state index is 0.222. The molecule has 0 aromatic heterocycles. The third kappa shape index (κ3) is 3.56. The van der Waals surface area contributed by atoms with E-state index in [1.165, 1.54) is 18.4 Å². The van der Waals surface area contributed by atoms with E-state index in [4.69, 9.17) is 5.26 Å². The fourth-order valence-electron chi connectivity index (χ4n) is 2.92. The lowest BCUT2D eigenvalue weighted by Crippen LogP contribution is -2.43. The van der Waals surface area contributed by atoms with Crippen LogP contribution in [-0.2, 0) is 0 Å². The Labute approximate surface area is 116 Å². The number of nitrogens with zero attached hydrogens (tertiary/aromatic N) is 3. The first-order valence-corrected chi connectivity index (χ1v) is 7.04. The third-order valence-corrected chi connectivity index (χ3v) is 4.22. The van der Waals surface area contributed by atoms with Crippen LogP contribution in [0, 0.1) is 11.3 Å². The molecule has 0 aliphatic carbocycles. The zero-order valence-electron chi connectivity index (χ0n) is 11.9. The molecule has 19 heavy (non-hydrogen) atoms. The molecule has 0 amide bonds. The molecule has 0 radical (unpaired) electrons. The normalized spacial score (nSPS) is 19.3. The average Bonchev–Trinajstić information content (AvgIpc) is 2.46. The van der Waals surface area contributed by atoms with E-state index in [2.05, 4.69) is 54.2 Å². The van der Waals surface area contributed by atoms with Gasteiger partial charge in [-0.05, 0) is 45.6 Å². The summed E-state index contributed by atoms with van der Waals surface area (Å²) in [4.78, 5) is 4.79. The van der Waals surface area contributed by atoms with Crippen LogP contribution in [0.1, 0.15) is 30.9 Å². The zero-order chi connectivity index (χ0) is 13.7. The molecular formula is C16H23N3. The fourth-order valence-corrected chi connectivity index (χ4v) is 2.92. The minimum absolute atomic E-state index is 0.222. The minimum Gasteiger partial charge on any atom is -0.306 e. The number of piperidine rings is 1. The van der Waals surface area contributed by atoms with Crippen LogP contribution >= 0.6 is 0 Å². The maximum atomic E-state index is 9.10. The molecule has 2 rings (SSSR count). The van der Waals surface area contributed by atoms with Gasteiger partial charge in [0.1, 0.15) is 0 Å². The summed E-state index contributed by atoms with van der Waals surface area (Å²) < 4.78 is 0. The maximum Gasteiger partial charge on any atom is 0.0641 e. The van der Waals surface area contributed by atoms with E-state index in [0.717, 1.165) is 13.1 Å². The molecule has 1 heterocycles. The first kappa shape index (κ1) is 14.0. The number of nitriles is 1. The molecule has 0 saturated carbocycles. The quantitative estimate of drug-likeness (QED) is 0.830. The van der Waals surface area contributed by atoms with Crippen molar-refractivity contribution >= 4 is 0 Å². The van der Waals surface area contributed by atoms with Gasteiger partial charge in [0.15, 0.2) is 0 Å². The van der Waals surface area contributed by atoms with Crippen molar-refractivity contribution in [3.8, 4) is 6.07 Å². The SMILES string of the molecule is CN1CCC(N(C)C(CC#N)c2ccccc2)CC1. The zero-order valence-corrected chi connectivity index (χ0v) is 11.9. The highest BCUT2D eigenvalue weighted by molar-refractivity contribution is 5.20. The molecule has 0 spiro atoms. The van der Waals surface area contributed by atoms with Crippen LogP contribution in [0.3, 0.4) is 0 Å². The van der Waals surface area contributed by atoms with E-state index >= 15 is 0 Å². The van der Waals surface area contributed by atoms with Gasteiger partial charge in [-0.2, -0.15) is 5.26 Å². The van der Waals surface area contributed by atoms with Crippen LogP contribution in [0.2, 0.25) is 0 Å². The number of rotatable bonds is 4. The molecule has 1 aliphatic heterocycles. The smallest absolute Gasteiger partial charge is 0.0641 e. The second-order valence-corrected chi connectivity index (χ2v) is 5.49. The Morgan fingerprint density at radius 1 is 1.32 bits per heavy atom. The predicted octanol–water partition coefficient (Wildman–Crippen LogP) is 2.67. The van der Waals surface area contributed by atoms with Gasteiger partial charge in [0.05, 0.1) is 12.5 Å². The van der Waals surface area contributed by atoms with Gasteiger partial charge >= 0.3 is 0 Å². The van der Waals surface area contributed by atoms with E-state index in [9.17, 15) is 0 Å². The molecule has 3 nitrogen and oxygen atoms in total. The van der Waals surface area contributed by atoms with Crippen molar-refractivity contribution in [2.24, 2.45) is 0 Å². The third-order valence-electron chi connectivity index (χ3n) is 4.22. The molecule has 3 heteroatoms. The van der Waals surface area contributed by atoms with Crippen molar-refractivity contribution < 1.29 is 0 Å². The summed E-state index contributed by atoms with van der Waals surface area (Å²) in [5.74, 6) is 0. The molecular weight excluding hydrogens is 234 g/mol. The summed E-state index contributed by atoms with van der Waals surface area (Å²) in [5, 5.41) is 9.10. The van der Waals surface area contributed by atoms with Crippen molar-refractivity contribution in [2.45, 2.75) is 31.3 Å². The summed E-state index contributed by atoms with van der Waals surface area (Å²) in [6.07, 6.45) is 2.95. The molecule has 0 N–H and O–H groups in total. The molecule has 1 aliphatic rings. The number of hydrogen-bond donors (Lipinski definition) is 0. The number of benzene rings is 1. The Bertz CT molecular complexity index is 415. The van der Waals surface area contributed by atoms with Gasteiger partial charge in [0, 0.05) is 12.1 Å². The molecule has 1 aromatic carbocycles. The number of likely N-dealkylation sites (tertiary alicyclic amines) is 1. The molecule has 1 fully saturated rings. The summed E-state index contributed by atoms with van der Waals surface area (Å²) in [7, 11) is 4.35. The first-order valence-electron chi connectivity index (χ1n) is 7.04. The maximum absolute atomic E-state index is 9.10. The molecule has 0 bridgehead atoms. The average molecular weight is 257 g/mol. The van der Waals surface area contributed by atoms with Gasteiger partial charge in [-0.25, -0.2) is 0 Å². The Morgan fingerprint density at radius 2 is 1.95 bits per heavy atom. The van der Waals surface area contributed by atoms with Crippen molar-refractivity contribution in [2.75, 3.05) is 27.2 Å². The highest BCUT2D eigenvalue weighted by Gasteiger charge is 2.26. The Hall–Kier alpha value is -1.37. The van der Waals surface area contributed by atoms with Gasteiger partial charge < -0.3 is 4.90 Å². The first-order chi connectivity index (χ1) is 9.22. The predicted molar refractivity (Wildman–Crippen MR) is 77.7 cm³/mol. The van der Waals surface area contributed by atoms with Crippen molar-refractivity contribution in [3.63, 3.8) is 0 Å². The molecule has 102 valence electrons. The summed E-state index contributed by atoms with van der Waals surface area (Å²) in [5.41, 5.74) is 1.26. The lowest BCUT2D eigenvalue weighted by molar-refractivity contribution is 0.108. The largest absolute Gasteiger partial charge is 0.306 e. The molecule has 1 saturated heterocycles. The highest BCUT2D eigenvalue weighted by atomic mass is 15.2. The second kappa shape index (κ2) is 6.70. The van der Waals surface area contributed by atoms with Gasteiger partial charge in [0.25, 0.3) is 0 Å². The lowest BCUT2D eigenvalue weighted by Gasteiger charge is -2.39. The van der Waals surface area contributed by atoms with E-state index in [1.54, 1.807) is 0 Å². The van der Waals surface area contributed by atoms with E-state index in [1.807, 2.05) is 6.07 Å². The van der Waals surface area contributed by atoms with Crippen molar-refractivity contribution in [3.05, 3.63) is 35.9 Å². The van der Waals surface area contributed by atoms with Gasteiger partial charge in [-0.1, -0.05) is 30.3 Å². The monoisotopic (exact) mass is 257 g/mol. The van der Waals surface area contributed by atoms with Crippen LogP contribution in [0.25, 0.3) is 0 Å². The molecule has 1 aromatic rings. The van der Waals surface area contributed by atoms with Crippen molar-refractivity contribution in [1.82, 2.24) is 9.80 Å². The van der Waals surface area contributed by atoms with E-state index in [-0.39, 0.29) is 6.04 Å². The van der Waals surface area contributed by atoms with Crippen LogP contribution in [0.15, 0.2) is 30.3 Å². The molecule has 1 atom stereocenters. The summed E-state index contributed by atoms with van der Waals surface area (Å²) >= 11 is 0. The van der Waals surface area contributed by atoms with E-state index in [0.29, 0.717) is 12.5 Å². The van der Waals surface area contributed by atoms with Crippen molar-refractivity contribution in [1.29, 1.82) is 5.26 Å². The summed E-state index contributed by atoms with van der Waals surface area (Å²) in [6.45, 7) is 2.31. The Balaban J connectivity index is 2.09. The second-order valence-electron chi connectivity index (χ2n) is 5.49. The molecule has 1 unspecified atom stereocenters. The van der Waals surface area contributed by atoms with Crippen LogP contribution in [-0.4, -0.2) is 43.0 Å². The van der Waals surface area contributed by atoms with E-state index < -0.39 is 0 Å². The van der Waals surface area contributed by atoms with Crippen LogP contribution < -0.4 is 0 Å². The lowest BCUT2D eigenvalue weighted by atomic mass is 9.97. The fraction of sp³-hybridized carbons (Fsp3) is 0.562.